The summed E-state index contributed by atoms with van der Waals surface area (Å²) in [5.41, 5.74) is 1.93. The molecule has 126 valence electrons. The number of thioether (sulfide) groups is 1. The van der Waals surface area contributed by atoms with Gasteiger partial charge in [-0.2, -0.15) is 0 Å². The minimum atomic E-state index is 0.696. The molecule has 0 saturated carbocycles. The van der Waals surface area contributed by atoms with Crippen LogP contribution in [0, 0.1) is 0 Å². The van der Waals surface area contributed by atoms with Crippen LogP contribution in [0.2, 0.25) is 0 Å². The maximum atomic E-state index is 5.44. The number of thiophene rings is 1. The van der Waals surface area contributed by atoms with Gasteiger partial charge in [0.2, 0.25) is 0 Å². The quantitative estimate of drug-likeness (QED) is 0.472. The van der Waals surface area contributed by atoms with E-state index in [0.717, 1.165) is 34.4 Å². The van der Waals surface area contributed by atoms with E-state index in [1.165, 1.54) is 4.88 Å². The van der Waals surface area contributed by atoms with Crippen molar-refractivity contribution in [3.05, 3.63) is 70.3 Å². The van der Waals surface area contributed by atoms with Gasteiger partial charge in [-0.3, -0.25) is 0 Å². The van der Waals surface area contributed by atoms with Gasteiger partial charge in [0.05, 0.1) is 5.69 Å². The molecule has 7 heteroatoms. The average molecular weight is 368 g/mol. The van der Waals surface area contributed by atoms with Crippen molar-refractivity contribution < 1.29 is 4.52 Å². The third kappa shape index (κ3) is 3.67. The first-order valence-corrected chi connectivity index (χ1v) is 9.70. The highest BCUT2D eigenvalue weighted by Crippen LogP contribution is 2.25. The van der Waals surface area contributed by atoms with Crippen molar-refractivity contribution in [3.63, 3.8) is 0 Å². The summed E-state index contributed by atoms with van der Waals surface area (Å²) >= 11 is 3.35. The second kappa shape index (κ2) is 7.25. The van der Waals surface area contributed by atoms with Crippen molar-refractivity contribution in [2.45, 2.75) is 17.3 Å². The molecule has 0 aliphatic carbocycles. The summed E-state index contributed by atoms with van der Waals surface area (Å²) < 4.78 is 7.48. The lowest BCUT2D eigenvalue weighted by molar-refractivity contribution is 0.426. The van der Waals surface area contributed by atoms with Crippen molar-refractivity contribution in [1.82, 2.24) is 19.9 Å². The fraction of sp³-hybridized carbons (Fsp3) is 0.167. The zero-order chi connectivity index (χ0) is 17.1. The van der Waals surface area contributed by atoms with Gasteiger partial charge < -0.3 is 9.09 Å². The molecule has 0 amide bonds. The topological polar surface area (TPSA) is 56.7 Å². The molecular formula is C18H16N4OS2. The maximum absolute atomic E-state index is 5.44. The Morgan fingerprint density at radius 2 is 2.00 bits per heavy atom. The second-order valence-corrected chi connectivity index (χ2v) is 7.53. The van der Waals surface area contributed by atoms with Crippen LogP contribution in [0.5, 0.6) is 0 Å². The molecule has 1 aromatic carbocycles. The van der Waals surface area contributed by atoms with E-state index in [-0.39, 0.29) is 0 Å². The summed E-state index contributed by atoms with van der Waals surface area (Å²) in [5, 5.41) is 15.7. The molecule has 0 N–H and O–H groups in total. The molecule has 0 spiro atoms. The predicted molar refractivity (Wildman–Crippen MR) is 99.6 cm³/mol. The number of aromatic nitrogens is 4. The smallest absolute Gasteiger partial charge is 0.191 e. The average Bonchev–Trinajstić information content (AvgIpc) is 3.38. The van der Waals surface area contributed by atoms with Crippen molar-refractivity contribution in [1.29, 1.82) is 0 Å². The van der Waals surface area contributed by atoms with E-state index in [9.17, 15) is 0 Å². The van der Waals surface area contributed by atoms with E-state index in [4.69, 9.17) is 4.52 Å². The number of benzene rings is 1. The molecule has 0 radical (unpaired) electrons. The zero-order valence-corrected chi connectivity index (χ0v) is 15.3. The number of hydrogen-bond acceptors (Lipinski definition) is 6. The summed E-state index contributed by atoms with van der Waals surface area (Å²) in [7, 11) is 2.00. The monoisotopic (exact) mass is 368 g/mol. The number of hydrogen-bond donors (Lipinski definition) is 0. The zero-order valence-electron chi connectivity index (χ0n) is 13.6. The van der Waals surface area contributed by atoms with E-state index in [0.29, 0.717) is 5.75 Å². The molecular weight excluding hydrogens is 352 g/mol. The molecule has 0 bridgehead atoms. The first-order chi connectivity index (χ1) is 12.3. The van der Waals surface area contributed by atoms with Crippen LogP contribution in [-0.2, 0) is 19.2 Å². The first kappa shape index (κ1) is 16.1. The van der Waals surface area contributed by atoms with Crippen LogP contribution < -0.4 is 0 Å². The molecule has 4 rings (SSSR count). The molecule has 5 nitrogen and oxygen atoms in total. The molecule has 25 heavy (non-hydrogen) atoms. The van der Waals surface area contributed by atoms with Gasteiger partial charge in [-0.05, 0) is 11.4 Å². The summed E-state index contributed by atoms with van der Waals surface area (Å²) in [4.78, 5) is 1.29. The molecule has 0 aliphatic rings. The van der Waals surface area contributed by atoms with Crippen LogP contribution in [0.25, 0.3) is 11.3 Å². The molecule has 0 atom stereocenters. The molecule has 0 saturated heterocycles. The Kier molecular flexibility index (Phi) is 4.67. The molecule has 0 aliphatic heterocycles. The van der Waals surface area contributed by atoms with Gasteiger partial charge >= 0.3 is 0 Å². The third-order valence-corrected chi connectivity index (χ3v) is 5.73. The Morgan fingerprint density at radius 3 is 2.80 bits per heavy atom. The van der Waals surface area contributed by atoms with E-state index in [1.807, 2.05) is 48.0 Å². The van der Waals surface area contributed by atoms with E-state index >= 15 is 0 Å². The number of rotatable bonds is 6. The first-order valence-electron chi connectivity index (χ1n) is 7.84. The highest BCUT2D eigenvalue weighted by molar-refractivity contribution is 7.98. The van der Waals surface area contributed by atoms with Crippen LogP contribution in [0.1, 0.15) is 16.4 Å². The summed E-state index contributed by atoms with van der Waals surface area (Å²) in [6.07, 6.45) is 0.809. The minimum absolute atomic E-state index is 0.696. The Labute approximate surface area is 153 Å². The van der Waals surface area contributed by atoms with Gasteiger partial charge in [-0.1, -0.05) is 53.3 Å². The summed E-state index contributed by atoms with van der Waals surface area (Å²) in [6, 6.07) is 16.1. The lowest BCUT2D eigenvalue weighted by atomic mass is 10.2. The predicted octanol–water partition coefficient (Wildman–Crippen LogP) is 4.41. The van der Waals surface area contributed by atoms with Crippen molar-refractivity contribution in [2.75, 3.05) is 0 Å². The van der Waals surface area contributed by atoms with Crippen LogP contribution in [0.3, 0.4) is 0 Å². The standard InChI is InChI=1S/C18H16N4OS2/c1-22-17(11-15-8-5-9-24-15)19-20-18(22)25-12-14-10-16(23-21-14)13-6-3-2-4-7-13/h2-10H,11-12H2,1H3. The van der Waals surface area contributed by atoms with Gasteiger partial charge in [0.1, 0.15) is 5.82 Å². The Bertz CT molecular complexity index is 945. The SMILES string of the molecule is Cn1c(Cc2cccs2)nnc1SCc1cc(-c2ccccc2)on1. The fourth-order valence-electron chi connectivity index (χ4n) is 2.45. The molecule has 0 fully saturated rings. The van der Waals surface area contributed by atoms with Crippen molar-refractivity contribution in [3.8, 4) is 11.3 Å². The van der Waals surface area contributed by atoms with Crippen LogP contribution >= 0.6 is 23.1 Å². The highest BCUT2D eigenvalue weighted by atomic mass is 32.2. The van der Waals surface area contributed by atoms with E-state index in [1.54, 1.807) is 23.1 Å². The molecule has 4 aromatic rings. The summed E-state index contributed by atoms with van der Waals surface area (Å²) in [5.74, 6) is 2.45. The third-order valence-electron chi connectivity index (χ3n) is 3.80. The lowest BCUT2D eigenvalue weighted by Gasteiger charge is -2.01. The summed E-state index contributed by atoms with van der Waals surface area (Å²) in [6.45, 7) is 0. The Hall–Kier alpha value is -2.38. The normalized spacial score (nSPS) is 11.1. The maximum Gasteiger partial charge on any atom is 0.191 e. The van der Waals surface area contributed by atoms with E-state index in [2.05, 4.69) is 32.9 Å². The second-order valence-electron chi connectivity index (χ2n) is 5.55. The highest BCUT2D eigenvalue weighted by Gasteiger charge is 2.12. The van der Waals surface area contributed by atoms with Crippen molar-refractivity contribution in [2.24, 2.45) is 7.05 Å². The molecule has 3 aromatic heterocycles. The van der Waals surface area contributed by atoms with Crippen LogP contribution in [0.4, 0.5) is 0 Å². The van der Waals surface area contributed by atoms with Gasteiger partial charge in [0.15, 0.2) is 10.9 Å². The largest absolute Gasteiger partial charge is 0.356 e. The van der Waals surface area contributed by atoms with Gasteiger partial charge in [0, 0.05) is 35.7 Å². The Morgan fingerprint density at radius 1 is 1.12 bits per heavy atom. The van der Waals surface area contributed by atoms with Crippen molar-refractivity contribution >= 4 is 23.1 Å². The van der Waals surface area contributed by atoms with Crippen LogP contribution in [-0.4, -0.2) is 19.9 Å². The minimum Gasteiger partial charge on any atom is -0.356 e. The fourth-order valence-corrected chi connectivity index (χ4v) is 3.96. The van der Waals surface area contributed by atoms with E-state index < -0.39 is 0 Å². The van der Waals surface area contributed by atoms with Gasteiger partial charge in [0.25, 0.3) is 0 Å². The molecule has 3 heterocycles. The van der Waals surface area contributed by atoms with Gasteiger partial charge in [-0.25, -0.2) is 0 Å². The van der Waals surface area contributed by atoms with Crippen LogP contribution in [0.15, 0.2) is 63.6 Å². The Balaban J connectivity index is 1.42. The van der Waals surface area contributed by atoms with Gasteiger partial charge in [-0.15, -0.1) is 21.5 Å². The molecule has 0 unspecified atom stereocenters. The number of nitrogens with zero attached hydrogens (tertiary/aromatic N) is 4. The lowest BCUT2D eigenvalue weighted by Crippen LogP contribution is -1.99.